The zero-order valence-corrected chi connectivity index (χ0v) is 18.5. The van der Waals surface area contributed by atoms with Gasteiger partial charge in [0.25, 0.3) is 0 Å². The molecule has 8 heteroatoms. The third kappa shape index (κ3) is 5.64. The van der Waals surface area contributed by atoms with Gasteiger partial charge >= 0.3 is 6.18 Å². The van der Waals surface area contributed by atoms with Crippen LogP contribution in [-0.2, 0) is 24.1 Å². The Labute approximate surface area is 186 Å². The first-order valence-electron chi connectivity index (χ1n) is 9.38. The molecule has 0 spiro atoms. The minimum Gasteiger partial charge on any atom is -0.481 e. The van der Waals surface area contributed by atoms with Gasteiger partial charge in [-0.3, -0.25) is 4.79 Å². The summed E-state index contributed by atoms with van der Waals surface area (Å²) in [4.78, 5) is 18.0. The second-order valence-electron chi connectivity index (χ2n) is 6.94. The smallest absolute Gasteiger partial charge is 0.416 e. The van der Waals surface area contributed by atoms with E-state index in [4.69, 9.17) is 4.74 Å². The Balaban J connectivity index is 2.09. The molecular weight excluding hydrogens is 473 g/mol. The molecule has 0 atom stereocenters. The lowest BCUT2D eigenvalue weighted by molar-refractivity contribution is -0.137. The Bertz CT molecular complexity index is 1070. The number of amides is 1. The number of aromatic nitrogens is 1. The molecule has 3 rings (SSSR count). The average molecular weight is 493 g/mol. The molecule has 3 aromatic rings. The standard InChI is InChI=1S/C23H20BrF3N2O2/c1-15(30)29(13-16-6-4-3-5-7-16)14-17-10-18(23(25,26)27)8-9-20(17)21-11-19(24)12-28-22(21)31-2/h3-12H,13-14H2,1-2H3. The molecule has 0 saturated heterocycles. The summed E-state index contributed by atoms with van der Waals surface area (Å²) in [6, 6.07) is 14.5. The van der Waals surface area contributed by atoms with Crippen LogP contribution in [0.5, 0.6) is 5.88 Å². The number of hydrogen-bond donors (Lipinski definition) is 0. The Kier molecular flexibility index (Phi) is 7.00. The van der Waals surface area contributed by atoms with E-state index >= 15 is 0 Å². The molecule has 162 valence electrons. The molecule has 0 radical (unpaired) electrons. The lowest BCUT2D eigenvalue weighted by Gasteiger charge is -2.24. The van der Waals surface area contributed by atoms with Crippen molar-refractivity contribution in [3.63, 3.8) is 0 Å². The van der Waals surface area contributed by atoms with E-state index in [0.717, 1.165) is 17.7 Å². The summed E-state index contributed by atoms with van der Waals surface area (Å²) in [5.74, 6) is 0.0354. The molecule has 0 unspecified atom stereocenters. The van der Waals surface area contributed by atoms with E-state index in [2.05, 4.69) is 20.9 Å². The zero-order chi connectivity index (χ0) is 22.6. The predicted molar refractivity (Wildman–Crippen MR) is 115 cm³/mol. The summed E-state index contributed by atoms with van der Waals surface area (Å²) in [7, 11) is 1.45. The second kappa shape index (κ2) is 9.51. The highest BCUT2D eigenvalue weighted by Gasteiger charge is 2.31. The molecule has 1 amide bonds. The molecule has 1 heterocycles. The van der Waals surface area contributed by atoms with Crippen LogP contribution in [0.15, 0.2) is 65.3 Å². The average Bonchev–Trinajstić information content (AvgIpc) is 2.73. The van der Waals surface area contributed by atoms with Crippen LogP contribution < -0.4 is 4.74 Å². The summed E-state index contributed by atoms with van der Waals surface area (Å²) in [6.45, 7) is 1.68. The molecule has 0 N–H and O–H groups in total. The van der Waals surface area contributed by atoms with Crippen LogP contribution in [0.2, 0.25) is 0 Å². The maximum atomic E-state index is 13.4. The Hall–Kier alpha value is -2.87. The first-order valence-corrected chi connectivity index (χ1v) is 10.2. The number of halogens is 4. The SMILES string of the molecule is COc1ncc(Br)cc1-c1ccc(C(F)(F)F)cc1CN(Cc1ccccc1)C(C)=O. The van der Waals surface area contributed by atoms with Gasteiger partial charge < -0.3 is 9.64 Å². The van der Waals surface area contributed by atoms with Gasteiger partial charge in [-0.1, -0.05) is 36.4 Å². The molecule has 31 heavy (non-hydrogen) atoms. The number of methoxy groups -OCH3 is 1. The molecule has 0 saturated carbocycles. The molecule has 1 aromatic heterocycles. The number of alkyl halides is 3. The normalized spacial score (nSPS) is 11.3. The Morgan fingerprint density at radius 3 is 2.39 bits per heavy atom. The first kappa shape index (κ1) is 22.8. The van der Waals surface area contributed by atoms with Gasteiger partial charge in [0.15, 0.2) is 0 Å². The minimum absolute atomic E-state index is 0.000845. The molecule has 0 fully saturated rings. The van der Waals surface area contributed by atoms with Crippen molar-refractivity contribution in [2.75, 3.05) is 7.11 Å². The van der Waals surface area contributed by atoms with Gasteiger partial charge in [-0.2, -0.15) is 13.2 Å². The molecule has 2 aromatic carbocycles. The molecule has 0 aliphatic heterocycles. The van der Waals surface area contributed by atoms with Crippen molar-refractivity contribution in [2.45, 2.75) is 26.2 Å². The molecule has 4 nitrogen and oxygen atoms in total. The highest BCUT2D eigenvalue weighted by atomic mass is 79.9. The van der Waals surface area contributed by atoms with Crippen molar-refractivity contribution in [1.82, 2.24) is 9.88 Å². The number of carbonyl (C=O) groups excluding carboxylic acids is 1. The molecule has 0 aliphatic rings. The maximum absolute atomic E-state index is 13.4. The fourth-order valence-electron chi connectivity index (χ4n) is 3.23. The topological polar surface area (TPSA) is 42.4 Å². The first-order chi connectivity index (χ1) is 14.7. The van der Waals surface area contributed by atoms with E-state index < -0.39 is 11.7 Å². The lowest BCUT2D eigenvalue weighted by Crippen LogP contribution is -2.28. The van der Waals surface area contributed by atoms with Crippen molar-refractivity contribution >= 4 is 21.8 Å². The van der Waals surface area contributed by atoms with Crippen LogP contribution in [0.3, 0.4) is 0 Å². The summed E-state index contributed by atoms with van der Waals surface area (Å²) < 4.78 is 46.3. The van der Waals surface area contributed by atoms with Crippen molar-refractivity contribution in [1.29, 1.82) is 0 Å². The van der Waals surface area contributed by atoms with Crippen molar-refractivity contribution < 1.29 is 22.7 Å². The van der Waals surface area contributed by atoms with Crippen LogP contribution in [0.1, 0.15) is 23.6 Å². The quantitative estimate of drug-likeness (QED) is 0.418. The summed E-state index contributed by atoms with van der Waals surface area (Å²) in [5, 5.41) is 0. The Morgan fingerprint density at radius 2 is 1.77 bits per heavy atom. The van der Waals surface area contributed by atoms with E-state index in [1.807, 2.05) is 30.3 Å². The van der Waals surface area contributed by atoms with E-state index in [1.54, 1.807) is 12.3 Å². The zero-order valence-electron chi connectivity index (χ0n) is 16.9. The van der Waals surface area contributed by atoms with Gasteiger partial charge in [-0.05, 0) is 50.8 Å². The third-order valence-electron chi connectivity index (χ3n) is 4.76. The predicted octanol–water partition coefficient (Wildman–Crippen LogP) is 6.09. The molecule has 0 bridgehead atoms. The van der Waals surface area contributed by atoms with Gasteiger partial charge in [0.05, 0.1) is 12.7 Å². The highest BCUT2D eigenvalue weighted by Crippen LogP contribution is 2.37. The van der Waals surface area contributed by atoms with Crippen molar-refractivity contribution in [2.24, 2.45) is 0 Å². The Morgan fingerprint density at radius 1 is 1.06 bits per heavy atom. The van der Waals surface area contributed by atoms with Crippen LogP contribution >= 0.6 is 15.9 Å². The number of carbonyl (C=O) groups is 1. The van der Waals surface area contributed by atoms with E-state index in [1.165, 1.54) is 25.0 Å². The summed E-state index contributed by atoms with van der Waals surface area (Å²) >= 11 is 3.35. The number of nitrogens with zero attached hydrogens (tertiary/aromatic N) is 2. The van der Waals surface area contributed by atoms with Crippen LogP contribution in [0, 0.1) is 0 Å². The fourth-order valence-corrected chi connectivity index (χ4v) is 3.57. The van der Waals surface area contributed by atoms with Gasteiger partial charge in [0.2, 0.25) is 11.8 Å². The number of ether oxygens (including phenoxy) is 1. The van der Waals surface area contributed by atoms with Crippen LogP contribution in [0.4, 0.5) is 13.2 Å². The van der Waals surface area contributed by atoms with Crippen LogP contribution in [-0.4, -0.2) is 22.9 Å². The van der Waals surface area contributed by atoms with Gasteiger partial charge in [-0.25, -0.2) is 4.98 Å². The van der Waals surface area contributed by atoms with Gasteiger partial charge in [-0.15, -0.1) is 0 Å². The largest absolute Gasteiger partial charge is 0.481 e. The number of rotatable bonds is 6. The van der Waals surface area contributed by atoms with Gasteiger partial charge in [0.1, 0.15) is 0 Å². The minimum atomic E-state index is -4.51. The van der Waals surface area contributed by atoms with Crippen molar-refractivity contribution in [3.05, 3.63) is 82.0 Å². The monoisotopic (exact) mass is 492 g/mol. The fraction of sp³-hybridized carbons (Fsp3) is 0.217. The number of benzene rings is 2. The third-order valence-corrected chi connectivity index (χ3v) is 5.19. The second-order valence-corrected chi connectivity index (χ2v) is 7.86. The highest BCUT2D eigenvalue weighted by molar-refractivity contribution is 9.10. The van der Waals surface area contributed by atoms with Crippen LogP contribution in [0.25, 0.3) is 11.1 Å². The number of hydrogen-bond acceptors (Lipinski definition) is 3. The summed E-state index contributed by atoms with van der Waals surface area (Å²) in [6.07, 6.45) is -2.96. The molecular formula is C23H20BrF3N2O2. The van der Waals surface area contributed by atoms with E-state index in [0.29, 0.717) is 21.2 Å². The number of pyridine rings is 1. The van der Waals surface area contributed by atoms with E-state index in [9.17, 15) is 18.0 Å². The maximum Gasteiger partial charge on any atom is 0.416 e. The lowest BCUT2D eigenvalue weighted by atomic mass is 9.97. The van der Waals surface area contributed by atoms with Crippen molar-refractivity contribution in [3.8, 4) is 17.0 Å². The summed E-state index contributed by atoms with van der Waals surface area (Å²) in [5.41, 5.74) is 1.49. The van der Waals surface area contributed by atoms with E-state index in [-0.39, 0.29) is 24.9 Å². The molecule has 0 aliphatic carbocycles. The van der Waals surface area contributed by atoms with Gasteiger partial charge in [0, 0.05) is 36.2 Å².